The molecule has 5 nitrogen and oxygen atoms in total. The second-order valence-corrected chi connectivity index (χ2v) is 10.6. The quantitative estimate of drug-likeness (QED) is 0.286. The SMILES string of the molecule is Cc1c(-c2nc(C(C)C)no2)nn(-c2ccc(Cl)cc2Cl)c1-c1ccc(C2CCCC2)s1. The van der Waals surface area contributed by atoms with Gasteiger partial charge in [-0.05, 0) is 56.0 Å². The summed E-state index contributed by atoms with van der Waals surface area (Å²) in [4.78, 5) is 7.17. The topological polar surface area (TPSA) is 56.7 Å². The zero-order valence-corrected chi connectivity index (χ0v) is 20.6. The van der Waals surface area contributed by atoms with Gasteiger partial charge in [0.2, 0.25) is 0 Å². The Kier molecular flexibility index (Phi) is 5.86. The van der Waals surface area contributed by atoms with Crippen LogP contribution in [0.15, 0.2) is 34.9 Å². The minimum Gasteiger partial charge on any atom is -0.332 e. The maximum Gasteiger partial charge on any atom is 0.278 e. The minimum atomic E-state index is 0.173. The van der Waals surface area contributed by atoms with E-state index in [-0.39, 0.29) is 5.92 Å². The van der Waals surface area contributed by atoms with Gasteiger partial charge in [0.15, 0.2) is 11.5 Å². The number of aromatic nitrogens is 4. The molecule has 8 heteroatoms. The van der Waals surface area contributed by atoms with Gasteiger partial charge < -0.3 is 4.52 Å². The summed E-state index contributed by atoms with van der Waals surface area (Å²) in [5.74, 6) is 1.92. The molecular weight excluding hydrogens is 463 g/mol. The number of rotatable bonds is 5. The van der Waals surface area contributed by atoms with E-state index in [0.29, 0.717) is 33.4 Å². The van der Waals surface area contributed by atoms with E-state index in [9.17, 15) is 0 Å². The second kappa shape index (κ2) is 8.65. The zero-order chi connectivity index (χ0) is 22.4. The van der Waals surface area contributed by atoms with Crippen LogP contribution in [0.5, 0.6) is 0 Å². The zero-order valence-electron chi connectivity index (χ0n) is 18.2. The van der Waals surface area contributed by atoms with Crippen molar-refractivity contribution in [3.8, 4) is 27.8 Å². The average molecular weight is 487 g/mol. The van der Waals surface area contributed by atoms with E-state index in [4.69, 9.17) is 32.8 Å². The van der Waals surface area contributed by atoms with Crippen molar-refractivity contribution in [2.24, 2.45) is 0 Å². The Morgan fingerprint density at radius 1 is 1.12 bits per heavy atom. The molecule has 1 fully saturated rings. The Morgan fingerprint density at radius 3 is 2.59 bits per heavy atom. The molecule has 166 valence electrons. The monoisotopic (exact) mass is 486 g/mol. The van der Waals surface area contributed by atoms with E-state index in [0.717, 1.165) is 21.8 Å². The van der Waals surface area contributed by atoms with Crippen LogP contribution in [-0.2, 0) is 0 Å². The van der Waals surface area contributed by atoms with Gasteiger partial charge in [-0.3, -0.25) is 0 Å². The summed E-state index contributed by atoms with van der Waals surface area (Å²) in [6.07, 6.45) is 5.17. The molecule has 3 aromatic heterocycles. The Bertz CT molecular complexity index is 1270. The van der Waals surface area contributed by atoms with Gasteiger partial charge in [-0.25, -0.2) is 4.68 Å². The van der Waals surface area contributed by atoms with Crippen LogP contribution in [0.25, 0.3) is 27.8 Å². The number of hydrogen-bond donors (Lipinski definition) is 0. The van der Waals surface area contributed by atoms with Crippen molar-refractivity contribution in [2.75, 3.05) is 0 Å². The predicted octanol–water partition coefficient (Wildman–Crippen LogP) is 8.05. The number of nitrogens with zero attached hydrogens (tertiary/aromatic N) is 4. The minimum absolute atomic E-state index is 0.173. The molecule has 0 atom stereocenters. The Hall–Kier alpha value is -2.15. The third-order valence-corrected chi connectivity index (χ3v) is 7.83. The highest BCUT2D eigenvalue weighted by Gasteiger charge is 2.26. The van der Waals surface area contributed by atoms with Crippen LogP contribution in [0, 0.1) is 6.92 Å². The number of hydrogen-bond acceptors (Lipinski definition) is 5. The lowest BCUT2D eigenvalue weighted by Crippen LogP contribution is -2.00. The van der Waals surface area contributed by atoms with Gasteiger partial charge in [-0.2, -0.15) is 10.1 Å². The van der Waals surface area contributed by atoms with Crippen LogP contribution in [-0.4, -0.2) is 19.9 Å². The van der Waals surface area contributed by atoms with Gasteiger partial charge >= 0.3 is 0 Å². The molecule has 0 radical (unpaired) electrons. The maximum atomic E-state index is 6.59. The molecule has 1 aromatic carbocycles. The predicted molar refractivity (Wildman–Crippen MR) is 130 cm³/mol. The first kappa shape index (κ1) is 21.7. The first-order valence-corrected chi connectivity index (χ1v) is 12.5. The van der Waals surface area contributed by atoms with Crippen molar-refractivity contribution < 1.29 is 4.52 Å². The first-order chi connectivity index (χ1) is 15.4. The Balaban J connectivity index is 1.67. The van der Waals surface area contributed by atoms with Crippen molar-refractivity contribution >= 4 is 34.5 Å². The molecule has 32 heavy (non-hydrogen) atoms. The van der Waals surface area contributed by atoms with Gasteiger partial charge in [-0.1, -0.05) is 55.0 Å². The highest BCUT2D eigenvalue weighted by molar-refractivity contribution is 7.15. The number of thiophene rings is 1. The smallest absolute Gasteiger partial charge is 0.278 e. The highest BCUT2D eigenvalue weighted by Crippen LogP contribution is 2.43. The van der Waals surface area contributed by atoms with Gasteiger partial charge in [0.1, 0.15) is 0 Å². The lowest BCUT2D eigenvalue weighted by molar-refractivity contribution is 0.417. The molecule has 0 saturated heterocycles. The first-order valence-electron chi connectivity index (χ1n) is 10.9. The Labute approximate surface area is 201 Å². The van der Waals surface area contributed by atoms with E-state index in [1.165, 1.54) is 30.6 Å². The van der Waals surface area contributed by atoms with E-state index < -0.39 is 0 Å². The van der Waals surface area contributed by atoms with Crippen LogP contribution in [0.2, 0.25) is 10.0 Å². The van der Waals surface area contributed by atoms with Gasteiger partial charge in [-0.15, -0.1) is 11.3 Å². The molecule has 0 aliphatic heterocycles. The average Bonchev–Trinajstić information content (AvgIpc) is 3.54. The normalized spacial score (nSPS) is 14.7. The molecule has 1 aliphatic rings. The third kappa shape index (κ3) is 3.89. The molecule has 0 amide bonds. The molecule has 0 bridgehead atoms. The Morgan fingerprint density at radius 2 is 1.91 bits per heavy atom. The lowest BCUT2D eigenvalue weighted by Gasteiger charge is -2.10. The molecule has 0 spiro atoms. The van der Waals surface area contributed by atoms with Crippen LogP contribution >= 0.6 is 34.5 Å². The summed E-state index contributed by atoms with van der Waals surface area (Å²) in [7, 11) is 0. The van der Waals surface area contributed by atoms with Gasteiger partial charge in [0.25, 0.3) is 5.89 Å². The van der Waals surface area contributed by atoms with Crippen molar-refractivity contribution in [2.45, 2.75) is 58.3 Å². The van der Waals surface area contributed by atoms with Crippen LogP contribution in [0.3, 0.4) is 0 Å². The van der Waals surface area contributed by atoms with Crippen LogP contribution < -0.4 is 0 Å². The molecule has 0 N–H and O–H groups in total. The third-order valence-electron chi connectivity index (χ3n) is 6.04. The molecule has 1 saturated carbocycles. The van der Waals surface area contributed by atoms with Crippen LogP contribution in [0.4, 0.5) is 0 Å². The maximum absolute atomic E-state index is 6.59. The summed E-state index contributed by atoms with van der Waals surface area (Å²) in [5.41, 5.74) is 3.40. The van der Waals surface area contributed by atoms with Crippen molar-refractivity contribution in [1.82, 2.24) is 19.9 Å². The molecule has 1 aliphatic carbocycles. The molecule has 0 unspecified atom stereocenters. The summed E-state index contributed by atoms with van der Waals surface area (Å²) < 4.78 is 7.46. The lowest BCUT2D eigenvalue weighted by atomic mass is 10.1. The number of benzene rings is 1. The summed E-state index contributed by atoms with van der Waals surface area (Å²) in [5, 5.41) is 10.1. The summed E-state index contributed by atoms with van der Waals surface area (Å²) in [6.45, 7) is 6.12. The van der Waals surface area contributed by atoms with E-state index in [1.54, 1.807) is 6.07 Å². The van der Waals surface area contributed by atoms with Crippen molar-refractivity contribution in [3.63, 3.8) is 0 Å². The van der Waals surface area contributed by atoms with Gasteiger partial charge in [0.05, 0.1) is 21.3 Å². The fraction of sp³-hybridized carbons (Fsp3) is 0.375. The van der Waals surface area contributed by atoms with E-state index >= 15 is 0 Å². The fourth-order valence-corrected chi connectivity index (χ4v) is 6.04. The van der Waals surface area contributed by atoms with Crippen molar-refractivity contribution in [3.05, 3.63) is 56.6 Å². The summed E-state index contributed by atoms with van der Waals surface area (Å²) in [6, 6.07) is 9.91. The van der Waals surface area contributed by atoms with Crippen molar-refractivity contribution in [1.29, 1.82) is 0 Å². The van der Waals surface area contributed by atoms with Crippen LogP contribution in [0.1, 0.15) is 67.6 Å². The van der Waals surface area contributed by atoms with Gasteiger partial charge in [0, 0.05) is 21.4 Å². The number of halogens is 2. The van der Waals surface area contributed by atoms with E-state index in [1.807, 2.05) is 48.9 Å². The molecule has 4 aromatic rings. The summed E-state index contributed by atoms with van der Waals surface area (Å²) >= 11 is 14.6. The highest BCUT2D eigenvalue weighted by atomic mass is 35.5. The fourth-order valence-electron chi connectivity index (χ4n) is 4.29. The van der Waals surface area contributed by atoms with E-state index in [2.05, 4.69) is 22.3 Å². The second-order valence-electron chi connectivity index (χ2n) is 8.63. The molecule has 5 rings (SSSR count). The molecule has 3 heterocycles. The molecular formula is C24H24Cl2N4OS. The standard InChI is InChI=1S/C24H24Cl2N4OS/c1-13(2)23-27-24(31-29-23)21-14(3)22(20-11-10-19(32-20)15-6-4-5-7-15)30(28-21)18-9-8-16(25)12-17(18)26/h8-13,15H,4-7H2,1-3H3. The largest absolute Gasteiger partial charge is 0.332 e.